The summed E-state index contributed by atoms with van der Waals surface area (Å²) < 4.78 is -0.943. The summed E-state index contributed by atoms with van der Waals surface area (Å²) in [7, 11) is 0. The first-order valence-corrected chi connectivity index (χ1v) is 7.97. The van der Waals surface area contributed by atoms with E-state index in [1.165, 1.54) is 11.8 Å². The average Bonchev–Trinajstić information content (AvgIpc) is 2.42. The fourth-order valence-corrected chi connectivity index (χ4v) is 3.14. The Hall–Kier alpha value is -1.23. The number of aliphatic imine (C=N–C) groups is 1. The summed E-state index contributed by atoms with van der Waals surface area (Å²) in [4.78, 5) is 15.8. The van der Waals surface area contributed by atoms with Gasteiger partial charge in [0, 0.05) is 6.20 Å². The van der Waals surface area contributed by atoms with Crippen molar-refractivity contribution in [3.05, 3.63) is 51.0 Å². The van der Waals surface area contributed by atoms with Gasteiger partial charge in [0.25, 0.3) is 0 Å². The summed E-state index contributed by atoms with van der Waals surface area (Å²) >= 11 is 13.3. The fraction of sp³-hybridized carbons (Fsp3) is 0.250. The first-order valence-electron chi connectivity index (χ1n) is 6.40. The van der Waals surface area contributed by atoms with Crippen LogP contribution >= 0.6 is 35.0 Å². The Balaban J connectivity index is 3.35. The monoisotopic (exact) mass is 357 g/mol. The zero-order chi connectivity index (χ0) is 16.9. The number of hydrogen-bond donors (Lipinski definition) is 1. The third-order valence-electron chi connectivity index (χ3n) is 2.88. The van der Waals surface area contributed by atoms with Crippen LogP contribution in [0.25, 0.3) is 5.57 Å². The van der Waals surface area contributed by atoms with Crippen LogP contribution in [-0.2, 0) is 4.79 Å². The lowest BCUT2D eigenvalue weighted by Crippen LogP contribution is -2.27. The van der Waals surface area contributed by atoms with Crippen LogP contribution in [0.2, 0.25) is 10.0 Å². The molecule has 6 heteroatoms. The maximum Gasteiger partial charge on any atom is 0.319 e. The minimum absolute atomic E-state index is 0.437. The van der Waals surface area contributed by atoms with E-state index in [0.717, 1.165) is 16.0 Å². The number of benzene rings is 1. The molecular weight excluding hydrogens is 341 g/mol. The summed E-state index contributed by atoms with van der Waals surface area (Å²) in [5.74, 6) is -0.879. The Kier molecular flexibility index (Phi) is 6.72. The lowest BCUT2D eigenvalue weighted by atomic mass is 10.1. The topological polar surface area (TPSA) is 49.7 Å². The molecule has 1 aromatic rings. The van der Waals surface area contributed by atoms with Gasteiger partial charge in [-0.3, -0.25) is 9.79 Å². The molecule has 1 aromatic carbocycles. The standard InChI is InChI=1S/C16H17Cl2NO2S/c1-10(22-16(2,3)15(20)21)12(7-8-19-4)11-5-6-13(17)14(18)9-11/h5-9H,4H2,1-3H3,(H,20,21)/b8-7-,12-10-. The van der Waals surface area contributed by atoms with Crippen LogP contribution in [0.1, 0.15) is 26.3 Å². The molecule has 0 unspecified atom stereocenters. The van der Waals surface area contributed by atoms with Crippen LogP contribution < -0.4 is 0 Å². The highest BCUT2D eigenvalue weighted by Crippen LogP contribution is 2.38. The molecular formula is C16H17Cl2NO2S. The molecule has 0 aromatic heterocycles. The quantitative estimate of drug-likeness (QED) is 0.537. The minimum Gasteiger partial charge on any atom is -0.480 e. The zero-order valence-electron chi connectivity index (χ0n) is 12.6. The van der Waals surface area contributed by atoms with Crippen LogP contribution in [0.15, 0.2) is 40.4 Å². The van der Waals surface area contributed by atoms with E-state index in [-0.39, 0.29) is 0 Å². The Morgan fingerprint density at radius 2 is 2.00 bits per heavy atom. The average molecular weight is 358 g/mol. The third-order valence-corrected chi connectivity index (χ3v) is 4.83. The van der Waals surface area contributed by atoms with Gasteiger partial charge in [0.15, 0.2) is 0 Å². The molecule has 0 aliphatic carbocycles. The highest BCUT2D eigenvalue weighted by Gasteiger charge is 2.29. The molecule has 118 valence electrons. The van der Waals surface area contributed by atoms with Gasteiger partial charge >= 0.3 is 5.97 Å². The number of nitrogens with zero attached hydrogens (tertiary/aromatic N) is 1. The molecule has 0 aliphatic rings. The van der Waals surface area contributed by atoms with Crippen molar-refractivity contribution in [2.45, 2.75) is 25.5 Å². The van der Waals surface area contributed by atoms with Crippen molar-refractivity contribution in [3.63, 3.8) is 0 Å². The van der Waals surface area contributed by atoms with E-state index in [2.05, 4.69) is 11.7 Å². The van der Waals surface area contributed by atoms with E-state index < -0.39 is 10.7 Å². The molecule has 22 heavy (non-hydrogen) atoms. The molecule has 0 radical (unpaired) electrons. The van der Waals surface area contributed by atoms with Gasteiger partial charge < -0.3 is 5.11 Å². The number of thioether (sulfide) groups is 1. The van der Waals surface area contributed by atoms with Crippen LogP contribution in [0.4, 0.5) is 0 Å². The van der Waals surface area contributed by atoms with Crippen molar-refractivity contribution < 1.29 is 9.90 Å². The molecule has 1 N–H and O–H groups in total. The van der Waals surface area contributed by atoms with Crippen LogP contribution in [-0.4, -0.2) is 22.5 Å². The van der Waals surface area contributed by atoms with Gasteiger partial charge in [-0.1, -0.05) is 29.3 Å². The van der Waals surface area contributed by atoms with Gasteiger partial charge in [-0.2, -0.15) is 0 Å². The Labute approximate surface area is 144 Å². The molecule has 0 saturated heterocycles. The predicted octanol–water partition coefficient (Wildman–Crippen LogP) is 5.54. The maximum atomic E-state index is 11.3. The number of hydrogen-bond acceptors (Lipinski definition) is 3. The first kappa shape index (κ1) is 18.8. The molecule has 0 amide bonds. The van der Waals surface area contributed by atoms with Crippen molar-refractivity contribution in [3.8, 4) is 0 Å². The Bertz CT molecular complexity index is 652. The first-order chi connectivity index (χ1) is 10.2. The van der Waals surface area contributed by atoms with Crippen molar-refractivity contribution >= 4 is 53.2 Å². The Morgan fingerprint density at radius 1 is 1.36 bits per heavy atom. The number of rotatable bonds is 6. The number of aliphatic carboxylic acids is 1. The molecule has 1 rings (SSSR count). The Morgan fingerprint density at radius 3 is 2.50 bits per heavy atom. The van der Waals surface area contributed by atoms with Crippen molar-refractivity contribution in [2.75, 3.05) is 0 Å². The van der Waals surface area contributed by atoms with Crippen molar-refractivity contribution in [2.24, 2.45) is 4.99 Å². The van der Waals surface area contributed by atoms with E-state index in [9.17, 15) is 9.90 Å². The summed E-state index contributed by atoms with van der Waals surface area (Å²) in [6.07, 6.45) is 3.32. The summed E-state index contributed by atoms with van der Waals surface area (Å²) in [6, 6.07) is 5.27. The SMILES string of the molecule is C=N/C=C\C(=C(/C)SC(C)(C)C(=O)O)c1ccc(Cl)c(Cl)c1. The zero-order valence-corrected chi connectivity index (χ0v) is 14.9. The molecule has 0 aliphatic heterocycles. The lowest BCUT2D eigenvalue weighted by Gasteiger charge is -2.20. The lowest BCUT2D eigenvalue weighted by molar-refractivity contribution is -0.138. The van der Waals surface area contributed by atoms with Crippen LogP contribution in [0.3, 0.4) is 0 Å². The molecule has 0 saturated carbocycles. The van der Waals surface area contributed by atoms with Gasteiger partial charge in [0.05, 0.1) is 10.0 Å². The van der Waals surface area contributed by atoms with Crippen LogP contribution in [0.5, 0.6) is 0 Å². The van der Waals surface area contributed by atoms with E-state index in [1.807, 2.05) is 13.0 Å². The number of halogens is 2. The molecule has 0 atom stereocenters. The third kappa shape index (κ3) is 4.90. The second-order valence-electron chi connectivity index (χ2n) is 5.01. The van der Waals surface area contributed by atoms with Crippen molar-refractivity contribution in [1.82, 2.24) is 0 Å². The van der Waals surface area contributed by atoms with E-state index in [4.69, 9.17) is 23.2 Å². The van der Waals surface area contributed by atoms with E-state index in [0.29, 0.717) is 10.0 Å². The second-order valence-corrected chi connectivity index (χ2v) is 7.67. The smallest absolute Gasteiger partial charge is 0.319 e. The van der Waals surface area contributed by atoms with Crippen molar-refractivity contribution in [1.29, 1.82) is 0 Å². The van der Waals surface area contributed by atoms with Gasteiger partial charge in [-0.05, 0) is 61.7 Å². The molecule has 0 fully saturated rings. The number of carboxylic acid groups (broad SMARTS) is 1. The summed E-state index contributed by atoms with van der Waals surface area (Å²) in [5.41, 5.74) is 1.66. The van der Waals surface area contributed by atoms with E-state index >= 15 is 0 Å². The van der Waals surface area contributed by atoms with E-state index in [1.54, 1.807) is 38.3 Å². The largest absolute Gasteiger partial charge is 0.480 e. The van der Waals surface area contributed by atoms with Gasteiger partial charge in [-0.25, -0.2) is 0 Å². The highest BCUT2D eigenvalue weighted by molar-refractivity contribution is 8.05. The predicted molar refractivity (Wildman–Crippen MR) is 97.1 cm³/mol. The normalized spacial score (nSPS) is 13.1. The summed E-state index contributed by atoms with van der Waals surface area (Å²) in [5, 5.41) is 10.2. The van der Waals surface area contributed by atoms with Gasteiger partial charge in [-0.15, -0.1) is 11.8 Å². The van der Waals surface area contributed by atoms with Gasteiger partial charge in [0.1, 0.15) is 4.75 Å². The number of carboxylic acids is 1. The maximum absolute atomic E-state index is 11.3. The van der Waals surface area contributed by atoms with Crippen LogP contribution in [0, 0.1) is 0 Å². The summed E-state index contributed by atoms with van der Waals surface area (Å²) in [6.45, 7) is 8.59. The second kappa shape index (κ2) is 7.86. The molecule has 0 spiro atoms. The molecule has 3 nitrogen and oxygen atoms in total. The highest BCUT2D eigenvalue weighted by atomic mass is 35.5. The fourth-order valence-electron chi connectivity index (χ4n) is 1.69. The molecule has 0 bridgehead atoms. The molecule has 0 heterocycles. The number of carbonyl (C=O) groups is 1. The minimum atomic E-state index is -0.943. The number of allylic oxidation sites excluding steroid dienone is 3. The van der Waals surface area contributed by atoms with Gasteiger partial charge in [0.2, 0.25) is 0 Å².